The van der Waals surface area contributed by atoms with Crippen molar-refractivity contribution in [1.29, 1.82) is 0 Å². The first-order chi connectivity index (χ1) is 14.1. The third-order valence-corrected chi connectivity index (χ3v) is 6.34. The number of H-pyrrole nitrogens is 1. The molecule has 0 spiro atoms. The van der Waals surface area contributed by atoms with Gasteiger partial charge in [0.25, 0.3) is 5.56 Å². The topological polar surface area (TPSA) is 85.3 Å². The Morgan fingerprint density at radius 1 is 1.07 bits per heavy atom. The number of nitrogens with zero attached hydrogens (tertiary/aromatic N) is 4. The molecule has 1 aliphatic heterocycles. The number of aryl methyl sites for hydroxylation is 2. The molecule has 0 bridgehead atoms. The van der Waals surface area contributed by atoms with Gasteiger partial charge in [0.15, 0.2) is 6.04 Å². The molecule has 30 heavy (non-hydrogen) atoms. The predicted octanol–water partition coefficient (Wildman–Crippen LogP) is -0.611. The molecule has 8 nitrogen and oxygen atoms in total. The molecule has 1 atom stereocenters. The second kappa shape index (κ2) is 7.59. The first-order valence-corrected chi connectivity index (χ1v) is 10.7. The van der Waals surface area contributed by atoms with E-state index in [2.05, 4.69) is 74.3 Å². The van der Waals surface area contributed by atoms with Gasteiger partial charge in [0.05, 0.1) is 18.2 Å². The third kappa shape index (κ3) is 3.77. The van der Waals surface area contributed by atoms with Crippen molar-refractivity contribution in [2.45, 2.75) is 46.2 Å². The zero-order valence-electron chi connectivity index (χ0n) is 18.8. The molecule has 8 heteroatoms. The summed E-state index contributed by atoms with van der Waals surface area (Å²) in [7, 11) is 2.22. The standard InChI is InChI=1S/C22H31N7O/c1-14-11-16-13-17(21(30)23-18(16)12-15(14)2)19(28-9-7-27(6)8-10-28)20-24-25-26-29(20)22(3,4)5/h11-13,19H,7-10H2,1-6H3,(H,23,30)/p+2/t19-/m0/s1. The summed E-state index contributed by atoms with van der Waals surface area (Å²) >= 11 is 0. The molecule has 1 aliphatic rings. The van der Waals surface area contributed by atoms with Crippen molar-refractivity contribution < 1.29 is 9.80 Å². The van der Waals surface area contributed by atoms with E-state index in [0.717, 1.165) is 48.5 Å². The molecule has 0 saturated carbocycles. The number of aromatic amines is 1. The molecule has 0 aliphatic carbocycles. The van der Waals surface area contributed by atoms with Gasteiger partial charge in [-0.15, -0.1) is 5.10 Å². The average Bonchev–Trinajstić information content (AvgIpc) is 3.15. The predicted molar refractivity (Wildman–Crippen MR) is 116 cm³/mol. The molecule has 0 unspecified atom stereocenters. The third-order valence-electron chi connectivity index (χ3n) is 6.34. The summed E-state index contributed by atoms with van der Waals surface area (Å²) in [6, 6.07) is 6.04. The lowest BCUT2D eigenvalue weighted by Gasteiger charge is -2.33. The monoisotopic (exact) mass is 411 g/mol. The minimum absolute atomic E-state index is 0.0574. The summed E-state index contributed by atoms with van der Waals surface area (Å²) in [5.74, 6) is 0.755. The van der Waals surface area contributed by atoms with Crippen molar-refractivity contribution in [2.24, 2.45) is 0 Å². The summed E-state index contributed by atoms with van der Waals surface area (Å²) < 4.78 is 1.87. The smallest absolute Gasteiger partial charge is 0.258 e. The lowest BCUT2D eigenvalue weighted by Crippen LogP contribution is -3.27. The van der Waals surface area contributed by atoms with Gasteiger partial charge in [0, 0.05) is 5.52 Å². The largest absolute Gasteiger partial charge is 0.328 e. The van der Waals surface area contributed by atoms with E-state index in [4.69, 9.17) is 0 Å². The zero-order valence-corrected chi connectivity index (χ0v) is 18.8. The van der Waals surface area contributed by atoms with Gasteiger partial charge in [-0.1, -0.05) is 0 Å². The van der Waals surface area contributed by atoms with Gasteiger partial charge in [0.1, 0.15) is 26.2 Å². The van der Waals surface area contributed by atoms with E-state index in [9.17, 15) is 4.79 Å². The Balaban J connectivity index is 1.90. The van der Waals surface area contributed by atoms with Gasteiger partial charge < -0.3 is 14.8 Å². The number of nitrogens with one attached hydrogen (secondary N) is 3. The molecule has 1 fully saturated rings. The van der Waals surface area contributed by atoms with Crippen LogP contribution >= 0.6 is 0 Å². The second-order valence-corrected chi connectivity index (χ2v) is 9.75. The van der Waals surface area contributed by atoms with Crippen LogP contribution in [0.1, 0.15) is 49.3 Å². The Bertz CT molecular complexity index is 1120. The molecule has 1 saturated heterocycles. The van der Waals surface area contributed by atoms with E-state index in [1.54, 1.807) is 0 Å². The fraction of sp³-hybridized carbons (Fsp3) is 0.545. The Hall–Kier alpha value is -2.58. The Kier molecular flexibility index (Phi) is 5.23. The van der Waals surface area contributed by atoms with Crippen LogP contribution in [-0.2, 0) is 5.54 Å². The van der Waals surface area contributed by atoms with Crippen LogP contribution in [0.5, 0.6) is 0 Å². The number of hydrogen-bond donors (Lipinski definition) is 3. The maximum Gasteiger partial charge on any atom is 0.258 e. The highest BCUT2D eigenvalue weighted by molar-refractivity contribution is 5.80. The normalized spacial score (nSPS) is 21.1. The first-order valence-electron chi connectivity index (χ1n) is 10.7. The minimum Gasteiger partial charge on any atom is -0.328 e. The average molecular weight is 412 g/mol. The van der Waals surface area contributed by atoms with Gasteiger partial charge in [0.2, 0.25) is 5.82 Å². The fourth-order valence-electron chi connectivity index (χ4n) is 4.39. The van der Waals surface area contributed by atoms with Gasteiger partial charge in [-0.25, -0.2) is 4.68 Å². The SMILES string of the molecule is Cc1cc2cc([C@@H](c3nnnn3C(C)(C)C)[NH+]3CC[NH+](C)CC3)c(=O)[nH]c2cc1C. The number of aromatic nitrogens is 5. The van der Waals surface area contributed by atoms with Crippen molar-refractivity contribution in [3.05, 3.63) is 51.1 Å². The molecular formula is C22H33N7O+2. The quantitative estimate of drug-likeness (QED) is 0.537. The van der Waals surface area contributed by atoms with E-state index in [1.807, 2.05) is 10.7 Å². The Labute approximate surface area is 176 Å². The number of hydrogen-bond acceptors (Lipinski definition) is 4. The minimum atomic E-state index is -0.272. The lowest BCUT2D eigenvalue weighted by atomic mass is 9.99. The number of likely N-dealkylation sites (N-methyl/N-ethyl adjacent to an activating group) is 1. The molecule has 4 rings (SSSR count). The van der Waals surface area contributed by atoms with Crippen molar-refractivity contribution in [3.8, 4) is 0 Å². The first kappa shape index (κ1) is 20.7. The molecule has 0 radical (unpaired) electrons. The Morgan fingerprint density at radius 3 is 2.40 bits per heavy atom. The maximum absolute atomic E-state index is 13.3. The van der Waals surface area contributed by atoms with Crippen molar-refractivity contribution >= 4 is 10.9 Å². The van der Waals surface area contributed by atoms with Gasteiger partial charge in [-0.3, -0.25) is 4.79 Å². The summed E-state index contributed by atoms with van der Waals surface area (Å²) in [6.07, 6.45) is 0. The van der Waals surface area contributed by atoms with Crippen molar-refractivity contribution in [3.63, 3.8) is 0 Å². The molecular weight excluding hydrogens is 378 g/mol. The van der Waals surface area contributed by atoms with E-state index >= 15 is 0 Å². The van der Waals surface area contributed by atoms with Crippen LogP contribution in [0.25, 0.3) is 10.9 Å². The fourth-order valence-corrected chi connectivity index (χ4v) is 4.39. The number of rotatable bonds is 3. The molecule has 3 aromatic rings. The van der Waals surface area contributed by atoms with E-state index in [-0.39, 0.29) is 17.1 Å². The molecule has 1 aromatic carbocycles. The van der Waals surface area contributed by atoms with Crippen LogP contribution in [0.3, 0.4) is 0 Å². The summed E-state index contributed by atoms with van der Waals surface area (Å²) in [6.45, 7) is 14.5. The van der Waals surface area contributed by atoms with Crippen LogP contribution < -0.4 is 15.4 Å². The number of tetrazole rings is 1. The number of piperazine rings is 1. The highest BCUT2D eigenvalue weighted by Gasteiger charge is 2.38. The number of quaternary nitrogens is 2. The molecule has 3 heterocycles. The summed E-state index contributed by atoms with van der Waals surface area (Å²) in [4.78, 5) is 19.3. The zero-order chi connectivity index (χ0) is 21.6. The van der Waals surface area contributed by atoms with Crippen LogP contribution in [-0.4, -0.2) is 58.4 Å². The highest BCUT2D eigenvalue weighted by atomic mass is 16.1. The highest BCUT2D eigenvalue weighted by Crippen LogP contribution is 2.23. The molecule has 3 N–H and O–H groups in total. The number of fused-ring (bicyclic) bond motifs is 1. The molecule has 160 valence electrons. The van der Waals surface area contributed by atoms with Gasteiger partial charge >= 0.3 is 0 Å². The van der Waals surface area contributed by atoms with Crippen LogP contribution in [0.2, 0.25) is 0 Å². The van der Waals surface area contributed by atoms with Crippen LogP contribution in [0.4, 0.5) is 0 Å². The second-order valence-electron chi connectivity index (χ2n) is 9.75. The van der Waals surface area contributed by atoms with Crippen molar-refractivity contribution in [1.82, 2.24) is 25.2 Å². The van der Waals surface area contributed by atoms with Crippen LogP contribution in [0.15, 0.2) is 23.0 Å². The molecule has 0 amide bonds. The van der Waals surface area contributed by atoms with Gasteiger partial charge in [-0.05, 0) is 79.8 Å². The van der Waals surface area contributed by atoms with Gasteiger partial charge in [-0.2, -0.15) is 0 Å². The summed E-state index contributed by atoms with van der Waals surface area (Å²) in [5.41, 5.74) is 3.67. The van der Waals surface area contributed by atoms with E-state index in [1.165, 1.54) is 20.9 Å². The molecule has 2 aromatic heterocycles. The van der Waals surface area contributed by atoms with Crippen LogP contribution in [0, 0.1) is 13.8 Å². The maximum atomic E-state index is 13.3. The summed E-state index contributed by atoms with van der Waals surface area (Å²) in [5, 5.41) is 13.8. The Morgan fingerprint density at radius 2 is 1.73 bits per heavy atom. The van der Waals surface area contributed by atoms with E-state index < -0.39 is 0 Å². The van der Waals surface area contributed by atoms with E-state index in [0.29, 0.717) is 0 Å². The number of benzene rings is 1. The van der Waals surface area contributed by atoms with Crippen molar-refractivity contribution in [2.75, 3.05) is 33.2 Å². The number of pyridine rings is 1. The lowest BCUT2D eigenvalue weighted by molar-refractivity contribution is -1.02.